The number of anilines is 1. The lowest BCUT2D eigenvalue weighted by Crippen LogP contribution is -2.33. The number of nitrogens with zero attached hydrogens (tertiary/aromatic N) is 4. The highest BCUT2D eigenvalue weighted by atomic mass is 19.1. The SMILES string of the molecule is Nc1nc(F)nc2c1ncn2[C@@H]1O[C@@H](CO)[C@H](O)[C@H]1O. The van der Waals surface area contributed by atoms with Gasteiger partial charge >= 0.3 is 6.08 Å². The van der Waals surface area contributed by atoms with Crippen LogP contribution in [-0.4, -0.2) is 59.8 Å². The van der Waals surface area contributed by atoms with Crippen LogP contribution in [0.2, 0.25) is 0 Å². The molecule has 0 aromatic carbocycles. The number of aliphatic hydroxyl groups excluding tert-OH is 3. The van der Waals surface area contributed by atoms with Gasteiger partial charge in [0.05, 0.1) is 12.9 Å². The summed E-state index contributed by atoms with van der Waals surface area (Å²) >= 11 is 0. The first-order chi connectivity index (χ1) is 9.52. The van der Waals surface area contributed by atoms with E-state index in [4.69, 9.17) is 15.6 Å². The predicted molar refractivity (Wildman–Crippen MR) is 62.7 cm³/mol. The molecule has 0 radical (unpaired) electrons. The van der Waals surface area contributed by atoms with Crippen LogP contribution in [0.15, 0.2) is 6.33 Å². The number of aliphatic hydroxyl groups is 3. The normalized spacial score (nSPS) is 30.2. The van der Waals surface area contributed by atoms with Gasteiger partial charge in [-0.2, -0.15) is 14.4 Å². The summed E-state index contributed by atoms with van der Waals surface area (Å²) in [4.78, 5) is 10.8. The molecule has 1 aliphatic rings. The van der Waals surface area contributed by atoms with E-state index in [2.05, 4.69) is 15.0 Å². The van der Waals surface area contributed by atoms with E-state index in [0.29, 0.717) is 0 Å². The minimum Gasteiger partial charge on any atom is -0.394 e. The van der Waals surface area contributed by atoms with Crippen molar-refractivity contribution >= 4 is 17.0 Å². The van der Waals surface area contributed by atoms with Crippen LogP contribution in [0.3, 0.4) is 0 Å². The number of hydrogen-bond acceptors (Lipinski definition) is 8. The van der Waals surface area contributed by atoms with Crippen LogP contribution in [0.1, 0.15) is 6.23 Å². The molecule has 3 heterocycles. The summed E-state index contributed by atoms with van der Waals surface area (Å²) in [6.07, 6.45) is -4.38. The summed E-state index contributed by atoms with van der Waals surface area (Å²) in [5.74, 6) is -0.141. The zero-order valence-corrected chi connectivity index (χ0v) is 10.1. The summed E-state index contributed by atoms with van der Waals surface area (Å²) in [6.45, 7) is -0.465. The molecule has 5 N–H and O–H groups in total. The number of ether oxygens (including phenoxy) is 1. The lowest BCUT2D eigenvalue weighted by molar-refractivity contribution is -0.0511. The quantitative estimate of drug-likeness (QED) is 0.472. The van der Waals surface area contributed by atoms with Crippen molar-refractivity contribution in [1.82, 2.24) is 19.5 Å². The summed E-state index contributed by atoms with van der Waals surface area (Å²) in [5, 5.41) is 28.7. The number of hydrogen-bond donors (Lipinski definition) is 4. The Morgan fingerprint density at radius 2 is 2.10 bits per heavy atom. The highest BCUT2D eigenvalue weighted by Gasteiger charge is 2.44. The monoisotopic (exact) mass is 285 g/mol. The van der Waals surface area contributed by atoms with Gasteiger partial charge in [0.1, 0.15) is 18.3 Å². The molecular formula is C10H12FN5O4. The summed E-state index contributed by atoms with van der Waals surface area (Å²) in [7, 11) is 0. The first kappa shape index (κ1) is 13.1. The minimum absolute atomic E-state index is 0.0323. The van der Waals surface area contributed by atoms with E-state index in [1.54, 1.807) is 0 Å². The summed E-state index contributed by atoms with van der Waals surface area (Å²) < 4.78 is 19.8. The topological polar surface area (TPSA) is 140 Å². The highest BCUT2D eigenvalue weighted by molar-refractivity contribution is 5.81. The zero-order chi connectivity index (χ0) is 14.4. The Kier molecular flexibility index (Phi) is 3.01. The molecule has 0 saturated carbocycles. The number of rotatable bonds is 2. The van der Waals surface area contributed by atoms with Gasteiger partial charge in [-0.15, -0.1) is 0 Å². The molecule has 1 fully saturated rings. The van der Waals surface area contributed by atoms with E-state index in [-0.39, 0.29) is 17.0 Å². The van der Waals surface area contributed by atoms with Crippen LogP contribution in [0.5, 0.6) is 0 Å². The molecule has 9 nitrogen and oxygen atoms in total. The number of halogens is 1. The number of aromatic nitrogens is 4. The molecule has 108 valence electrons. The second kappa shape index (κ2) is 4.59. The lowest BCUT2D eigenvalue weighted by atomic mass is 10.1. The zero-order valence-electron chi connectivity index (χ0n) is 10.1. The van der Waals surface area contributed by atoms with Crippen molar-refractivity contribution in [2.45, 2.75) is 24.5 Å². The Hall–Kier alpha value is -1.88. The fourth-order valence-electron chi connectivity index (χ4n) is 2.21. The standard InChI is InChI=1S/C10H12FN5O4/c11-10-14-7(12)4-8(15-10)16(2-13-4)9-6(19)5(18)3(1-17)20-9/h2-3,5-6,9,17-19H,1H2,(H2,12,14,15)/t3-,5-,6+,9+/m0/s1. The smallest absolute Gasteiger partial charge is 0.312 e. The molecular weight excluding hydrogens is 273 g/mol. The van der Waals surface area contributed by atoms with Gasteiger partial charge in [-0.1, -0.05) is 0 Å². The summed E-state index contributed by atoms with van der Waals surface area (Å²) in [5.41, 5.74) is 5.71. The molecule has 2 aromatic heterocycles. The summed E-state index contributed by atoms with van der Waals surface area (Å²) in [6, 6.07) is 0. The Morgan fingerprint density at radius 3 is 2.75 bits per heavy atom. The van der Waals surface area contributed by atoms with Crippen molar-refractivity contribution in [1.29, 1.82) is 0 Å². The van der Waals surface area contributed by atoms with E-state index in [9.17, 15) is 14.6 Å². The van der Waals surface area contributed by atoms with Crippen LogP contribution >= 0.6 is 0 Å². The van der Waals surface area contributed by atoms with Crippen LogP contribution in [0.25, 0.3) is 11.2 Å². The van der Waals surface area contributed by atoms with Gasteiger partial charge in [-0.3, -0.25) is 4.57 Å². The Balaban J connectivity index is 2.07. The molecule has 10 heteroatoms. The van der Waals surface area contributed by atoms with Gasteiger partial charge in [0.25, 0.3) is 0 Å². The van der Waals surface area contributed by atoms with E-state index in [1.165, 1.54) is 10.9 Å². The van der Waals surface area contributed by atoms with Gasteiger partial charge in [0, 0.05) is 0 Å². The Bertz CT molecular complexity index is 650. The second-order valence-electron chi connectivity index (χ2n) is 4.43. The van der Waals surface area contributed by atoms with Gasteiger partial charge in [0.15, 0.2) is 23.2 Å². The van der Waals surface area contributed by atoms with Crippen molar-refractivity contribution < 1.29 is 24.4 Å². The maximum Gasteiger partial charge on any atom is 0.312 e. The van der Waals surface area contributed by atoms with Crippen molar-refractivity contribution in [3.63, 3.8) is 0 Å². The maximum absolute atomic E-state index is 13.2. The third-order valence-corrected chi connectivity index (χ3v) is 3.21. The molecule has 0 spiro atoms. The van der Waals surface area contributed by atoms with E-state index >= 15 is 0 Å². The largest absolute Gasteiger partial charge is 0.394 e. The van der Waals surface area contributed by atoms with E-state index < -0.39 is 37.2 Å². The van der Waals surface area contributed by atoms with Crippen LogP contribution in [0, 0.1) is 6.08 Å². The van der Waals surface area contributed by atoms with Crippen molar-refractivity contribution in [2.24, 2.45) is 0 Å². The molecule has 1 saturated heterocycles. The molecule has 1 aliphatic heterocycles. The molecule has 3 rings (SSSR count). The van der Waals surface area contributed by atoms with Gasteiger partial charge in [-0.25, -0.2) is 4.98 Å². The Morgan fingerprint density at radius 1 is 1.35 bits per heavy atom. The predicted octanol–water partition coefficient (Wildman–Crippen LogP) is -1.84. The van der Waals surface area contributed by atoms with Crippen molar-refractivity contribution in [3.8, 4) is 0 Å². The van der Waals surface area contributed by atoms with Crippen LogP contribution < -0.4 is 5.73 Å². The Labute approximate surface area is 111 Å². The van der Waals surface area contributed by atoms with Crippen LogP contribution in [0.4, 0.5) is 10.2 Å². The highest BCUT2D eigenvalue weighted by Crippen LogP contribution is 2.31. The first-order valence-corrected chi connectivity index (χ1v) is 5.81. The number of fused-ring (bicyclic) bond motifs is 1. The molecule has 4 atom stereocenters. The van der Waals surface area contributed by atoms with Gasteiger partial charge in [0.2, 0.25) is 0 Å². The molecule has 0 aliphatic carbocycles. The number of nitrogens with two attached hydrogens (primary N) is 1. The number of nitrogen functional groups attached to an aromatic ring is 1. The van der Waals surface area contributed by atoms with Gasteiger partial charge in [-0.05, 0) is 0 Å². The van der Waals surface area contributed by atoms with E-state index in [0.717, 1.165) is 0 Å². The average molecular weight is 285 g/mol. The average Bonchev–Trinajstić information content (AvgIpc) is 2.93. The fraction of sp³-hybridized carbons (Fsp3) is 0.500. The van der Waals surface area contributed by atoms with Crippen molar-refractivity contribution in [2.75, 3.05) is 12.3 Å². The van der Waals surface area contributed by atoms with Crippen LogP contribution in [-0.2, 0) is 4.74 Å². The molecule has 0 bridgehead atoms. The molecule has 20 heavy (non-hydrogen) atoms. The fourth-order valence-corrected chi connectivity index (χ4v) is 2.21. The van der Waals surface area contributed by atoms with Crippen molar-refractivity contribution in [3.05, 3.63) is 12.4 Å². The third-order valence-electron chi connectivity index (χ3n) is 3.21. The third kappa shape index (κ3) is 1.81. The first-order valence-electron chi connectivity index (χ1n) is 5.81. The number of imidazole rings is 1. The second-order valence-corrected chi connectivity index (χ2v) is 4.43. The molecule has 2 aromatic rings. The molecule has 0 amide bonds. The van der Waals surface area contributed by atoms with E-state index in [1.807, 2.05) is 0 Å². The lowest BCUT2D eigenvalue weighted by Gasteiger charge is -2.16. The minimum atomic E-state index is -1.32. The van der Waals surface area contributed by atoms with Gasteiger partial charge < -0.3 is 25.8 Å². The molecule has 0 unspecified atom stereocenters. The maximum atomic E-state index is 13.2.